The Morgan fingerprint density at radius 2 is 2.00 bits per heavy atom. The van der Waals surface area contributed by atoms with Crippen LogP contribution in [0.1, 0.15) is 40.5 Å². The van der Waals surface area contributed by atoms with Gasteiger partial charge in [-0.1, -0.05) is 63.6 Å². The van der Waals surface area contributed by atoms with Gasteiger partial charge >= 0.3 is 0 Å². The first-order valence-electron chi connectivity index (χ1n) is 6.29. The van der Waals surface area contributed by atoms with E-state index in [1.165, 1.54) is 12.0 Å². The molecule has 16 heavy (non-hydrogen) atoms. The summed E-state index contributed by atoms with van der Waals surface area (Å²) in [6.07, 6.45) is 13.8. The van der Waals surface area contributed by atoms with Crippen molar-refractivity contribution in [3.63, 3.8) is 0 Å². The van der Waals surface area contributed by atoms with E-state index in [1.54, 1.807) is 11.1 Å². The van der Waals surface area contributed by atoms with Crippen LogP contribution in [0.2, 0.25) is 0 Å². The normalized spacial score (nSPS) is 24.5. The van der Waals surface area contributed by atoms with Crippen LogP contribution in [0.4, 0.5) is 0 Å². The highest BCUT2D eigenvalue weighted by molar-refractivity contribution is 5.49. The van der Waals surface area contributed by atoms with E-state index in [1.807, 2.05) is 0 Å². The third-order valence-corrected chi connectivity index (χ3v) is 3.58. The number of rotatable bonds is 1. The van der Waals surface area contributed by atoms with Gasteiger partial charge in [0.25, 0.3) is 0 Å². The molecule has 1 unspecified atom stereocenters. The largest absolute Gasteiger partial charge is 0.0765 e. The van der Waals surface area contributed by atoms with Gasteiger partial charge in [0.15, 0.2) is 0 Å². The van der Waals surface area contributed by atoms with E-state index in [4.69, 9.17) is 0 Å². The van der Waals surface area contributed by atoms with Gasteiger partial charge in [-0.3, -0.25) is 0 Å². The molecular weight excluding hydrogens is 192 g/mol. The van der Waals surface area contributed by atoms with Crippen LogP contribution in [-0.4, -0.2) is 0 Å². The number of hydrogen-bond acceptors (Lipinski definition) is 0. The van der Waals surface area contributed by atoms with Crippen LogP contribution in [-0.2, 0) is 0 Å². The third kappa shape index (κ3) is 2.07. The minimum atomic E-state index is 0.308. The average Bonchev–Trinajstić information content (AvgIpc) is 2.49. The van der Waals surface area contributed by atoms with Crippen LogP contribution in [0.15, 0.2) is 47.1 Å². The second-order valence-electron chi connectivity index (χ2n) is 5.90. The molecule has 86 valence electrons. The van der Waals surface area contributed by atoms with Gasteiger partial charge in [0.05, 0.1) is 0 Å². The van der Waals surface area contributed by atoms with Crippen molar-refractivity contribution < 1.29 is 0 Å². The Balaban J connectivity index is 2.39. The van der Waals surface area contributed by atoms with Gasteiger partial charge in [-0.15, -0.1) is 0 Å². The third-order valence-electron chi connectivity index (χ3n) is 3.58. The topological polar surface area (TPSA) is 0 Å². The lowest BCUT2D eigenvalue weighted by atomic mass is 9.75. The summed E-state index contributed by atoms with van der Waals surface area (Å²) < 4.78 is 0. The van der Waals surface area contributed by atoms with Gasteiger partial charge in [-0.25, -0.2) is 0 Å². The van der Waals surface area contributed by atoms with E-state index in [0.717, 1.165) is 6.42 Å². The second-order valence-corrected chi connectivity index (χ2v) is 5.90. The van der Waals surface area contributed by atoms with Crippen molar-refractivity contribution in [2.75, 3.05) is 0 Å². The van der Waals surface area contributed by atoms with E-state index in [-0.39, 0.29) is 0 Å². The molecule has 0 heterocycles. The molecule has 0 fully saturated rings. The fourth-order valence-corrected chi connectivity index (χ4v) is 2.59. The monoisotopic (exact) mass is 214 g/mol. The van der Waals surface area contributed by atoms with Gasteiger partial charge in [-0.05, 0) is 29.4 Å². The average molecular weight is 214 g/mol. The second kappa shape index (κ2) is 4.08. The van der Waals surface area contributed by atoms with Crippen molar-refractivity contribution in [3.8, 4) is 0 Å². The zero-order valence-corrected chi connectivity index (χ0v) is 10.9. The fourth-order valence-electron chi connectivity index (χ4n) is 2.59. The van der Waals surface area contributed by atoms with E-state index >= 15 is 0 Å². The molecule has 0 aromatic carbocycles. The summed E-state index contributed by atoms with van der Waals surface area (Å²) in [5.74, 6) is 0.557. The van der Waals surface area contributed by atoms with Crippen molar-refractivity contribution in [3.05, 3.63) is 47.1 Å². The molecule has 0 radical (unpaired) electrons. The summed E-state index contributed by atoms with van der Waals surface area (Å²) in [6, 6.07) is 0. The van der Waals surface area contributed by atoms with Crippen molar-refractivity contribution >= 4 is 0 Å². The number of hydrogen-bond donors (Lipinski definition) is 0. The SMILES string of the molecule is CCC1=CC2=C(C=CC=CC2C(C)(C)C)C1. The molecule has 0 saturated carbocycles. The van der Waals surface area contributed by atoms with Crippen LogP contribution in [0, 0.1) is 11.3 Å². The molecule has 2 aliphatic rings. The molecule has 0 bridgehead atoms. The van der Waals surface area contributed by atoms with E-state index < -0.39 is 0 Å². The van der Waals surface area contributed by atoms with Crippen molar-refractivity contribution in [1.82, 2.24) is 0 Å². The zero-order valence-electron chi connectivity index (χ0n) is 10.9. The smallest absolute Gasteiger partial charge is 0.00725 e. The summed E-state index contributed by atoms with van der Waals surface area (Å²) in [5, 5.41) is 0. The van der Waals surface area contributed by atoms with Gasteiger partial charge in [0.2, 0.25) is 0 Å². The maximum absolute atomic E-state index is 2.44. The van der Waals surface area contributed by atoms with Crippen LogP contribution >= 0.6 is 0 Å². The lowest BCUT2D eigenvalue weighted by molar-refractivity contribution is 0.334. The molecule has 2 aliphatic carbocycles. The van der Waals surface area contributed by atoms with E-state index in [2.05, 4.69) is 58.1 Å². The van der Waals surface area contributed by atoms with Crippen LogP contribution in [0.25, 0.3) is 0 Å². The Labute approximate surface area is 99.4 Å². The lowest BCUT2D eigenvalue weighted by Crippen LogP contribution is -2.19. The molecule has 1 atom stereocenters. The Morgan fingerprint density at radius 3 is 2.62 bits per heavy atom. The van der Waals surface area contributed by atoms with Crippen LogP contribution in [0.3, 0.4) is 0 Å². The standard InChI is InChI=1S/C16H22/c1-5-12-10-13-8-6-7-9-15(14(13)11-12)16(2,3)4/h6-9,11,15H,5,10H2,1-4H3. The summed E-state index contributed by atoms with van der Waals surface area (Å²) in [7, 11) is 0. The number of allylic oxidation sites excluding steroid dienone is 8. The van der Waals surface area contributed by atoms with Crippen LogP contribution < -0.4 is 0 Å². The first-order valence-corrected chi connectivity index (χ1v) is 6.29. The predicted octanol–water partition coefficient (Wildman–Crippen LogP) is 4.81. The highest BCUT2D eigenvalue weighted by atomic mass is 14.3. The minimum Gasteiger partial charge on any atom is -0.0765 e. The fraction of sp³-hybridized carbons (Fsp3) is 0.500. The molecular formula is C16H22. The maximum Gasteiger partial charge on any atom is 0.00725 e. The van der Waals surface area contributed by atoms with Gasteiger partial charge < -0.3 is 0 Å². The summed E-state index contributed by atoms with van der Waals surface area (Å²) in [6.45, 7) is 9.24. The molecule has 0 amide bonds. The zero-order chi connectivity index (χ0) is 11.8. The highest BCUT2D eigenvalue weighted by Crippen LogP contribution is 2.42. The molecule has 0 aromatic heterocycles. The quantitative estimate of drug-likeness (QED) is 0.587. The van der Waals surface area contributed by atoms with E-state index in [9.17, 15) is 0 Å². The molecule has 0 N–H and O–H groups in total. The Bertz CT molecular complexity index is 394. The highest BCUT2D eigenvalue weighted by Gasteiger charge is 2.29. The predicted molar refractivity (Wildman–Crippen MR) is 71.2 cm³/mol. The van der Waals surface area contributed by atoms with Crippen molar-refractivity contribution in [2.45, 2.75) is 40.5 Å². The minimum absolute atomic E-state index is 0.308. The van der Waals surface area contributed by atoms with Crippen LogP contribution in [0.5, 0.6) is 0 Å². The summed E-state index contributed by atoms with van der Waals surface area (Å²) in [5.41, 5.74) is 4.97. The van der Waals surface area contributed by atoms with Gasteiger partial charge in [0.1, 0.15) is 0 Å². The molecule has 0 aromatic rings. The maximum atomic E-state index is 2.44. The van der Waals surface area contributed by atoms with E-state index in [0.29, 0.717) is 11.3 Å². The Kier molecular flexibility index (Phi) is 2.92. The lowest BCUT2D eigenvalue weighted by Gasteiger charge is -2.29. The molecule has 0 saturated heterocycles. The van der Waals surface area contributed by atoms with Gasteiger partial charge in [0, 0.05) is 5.92 Å². The molecule has 2 rings (SSSR count). The first-order chi connectivity index (χ1) is 7.52. The molecule has 0 spiro atoms. The summed E-state index contributed by atoms with van der Waals surface area (Å²) in [4.78, 5) is 0. The van der Waals surface area contributed by atoms with Gasteiger partial charge in [-0.2, -0.15) is 0 Å². The molecule has 0 aliphatic heterocycles. The van der Waals surface area contributed by atoms with Crippen molar-refractivity contribution in [2.24, 2.45) is 11.3 Å². The van der Waals surface area contributed by atoms with Crippen molar-refractivity contribution in [1.29, 1.82) is 0 Å². The molecule has 0 nitrogen and oxygen atoms in total. The summed E-state index contributed by atoms with van der Waals surface area (Å²) >= 11 is 0. The molecule has 0 heteroatoms. The Morgan fingerprint density at radius 1 is 1.25 bits per heavy atom. The first kappa shape index (κ1) is 11.4. The Hall–Kier alpha value is -1.04.